The van der Waals surface area contributed by atoms with Crippen LogP contribution in [0.1, 0.15) is 15.9 Å². The smallest absolute Gasteiger partial charge is 0.235 e. The summed E-state index contributed by atoms with van der Waals surface area (Å²) in [5.41, 5.74) is 1.87. The van der Waals surface area contributed by atoms with Crippen molar-refractivity contribution in [2.75, 3.05) is 13.7 Å². The van der Waals surface area contributed by atoms with Crippen LogP contribution in [-0.4, -0.2) is 19.5 Å². The molecule has 0 amide bonds. The van der Waals surface area contributed by atoms with Gasteiger partial charge in [0.05, 0.1) is 17.5 Å². The molecule has 0 saturated carbocycles. The van der Waals surface area contributed by atoms with E-state index in [0.29, 0.717) is 27.3 Å². The van der Waals surface area contributed by atoms with E-state index in [1.54, 1.807) is 49.6 Å². The van der Waals surface area contributed by atoms with Crippen molar-refractivity contribution in [3.8, 4) is 22.8 Å². The molecule has 3 aromatic carbocycles. The number of hydrogen-bond acceptors (Lipinski definition) is 5. The van der Waals surface area contributed by atoms with Gasteiger partial charge in [-0.15, -0.1) is 0 Å². The molecule has 4 rings (SSSR count). The number of benzene rings is 3. The second kappa shape index (κ2) is 9.07. The Labute approximate surface area is 194 Å². The van der Waals surface area contributed by atoms with Gasteiger partial charge in [-0.1, -0.05) is 29.3 Å². The minimum absolute atomic E-state index is 0.0510. The number of methoxy groups -OCH3 is 1. The van der Waals surface area contributed by atoms with Crippen molar-refractivity contribution >= 4 is 40.0 Å². The summed E-state index contributed by atoms with van der Waals surface area (Å²) in [6.45, 7) is 1.51. The van der Waals surface area contributed by atoms with E-state index in [-0.39, 0.29) is 27.5 Å². The van der Waals surface area contributed by atoms with E-state index in [1.165, 1.54) is 12.1 Å². The predicted octanol–water partition coefficient (Wildman–Crippen LogP) is 6.35. The van der Waals surface area contributed by atoms with Crippen LogP contribution in [0.25, 0.3) is 22.3 Å². The molecule has 5 nitrogen and oxygen atoms in total. The summed E-state index contributed by atoms with van der Waals surface area (Å²) < 4.78 is 17.0. The lowest BCUT2D eigenvalue weighted by atomic mass is 10.1. The molecule has 0 spiro atoms. The van der Waals surface area contributed by atoms with Crippen molar-refractivity contribution in [3.05, 3.63) is 92.1 Å². The first-order valence-corrected chi connectivity index (χ1v) is 10.5. The highest BCUT2D eigenvalue weighted by Crippen LogP contribution is 2.32. The molecule has 0 bridgehead atoms. The number of halogens is 2. The molecule has 0 saturated heterocycles. The zero-order valence-electron chi connectivity index (χ0n) is 17.3. The Hall–Kier alpha value is -3.28. The zero-order chi connectivity index (χ0) is 22.8. The summed E-state index contributed by atoms with van der Waals surface area (Å²) in [7, 11) is 1.57. The summed E-state index contributed by atoms with van der Waals surface area (Å²) >= 11 is 12.0. The van der Waals surface area contributed by atoms with Gasteiger partial charge in [0, 0.05) is 16.1 Å². The Morgan fingerprint density at radius 1 is 1.00 bits per heavy atom. The second-order valence-electron chi connectivity index (χ2n) is 7.15. The quantitative estimate of drug-likeness (QED) is 0.308. The highest BCUT2D eigenvalue weighted by atomic mass is 35.5. The van der Waals surface area contributed by atoms with Gasteiger partial charge in [0.25, 0.3) is 0 Å². The zero-order valence-corrected chi connectivity index (χ0v) is 18.8. The number of ether oxygens (including phenoxy) is 2. The van der Waals surface area contributed by atoms with Crippen molar-refractivity contribution < 1.29 is 18.7 Å². The van der Waals surface area contributed by atoms with Crippen LogP contribution in [0.15, 0.2) is 69.9 Å². The minimum atomic E-state index is -0.396. The van der Waals surface area contributed by atoms with Gasteiger partial charge in [-0.2, -0.15) is 0 Å². The van der Waals surface area contributed by atoms with Gasteiger partial charge < -0.3 is 13.9 Å². The van der Waals surface area contributed by atoms with E-state index in [9.17, 15) is 9.59 Å². The maximum atomic E-state index is 13.3. The van der Waals surface area contributed by atoms with Crippen molar-refractivity contribution in [2.24, 2.45) is 0 Å². The van der Waals surface area contributed by atoms with Crippen LogP contribution in [0.3, 0.4) is 0 Å². The highest BCUT2D eigenvalue weighted by Gasteiger charge is 2.20. The lowest BCUT2D eigenvalue weighted by Crippen LogP contribution is -2.17. The van der Waals surface area contributed by atoms with E-state index < -0.39 is 12.4 Å². The summed E-state index contributed by atoms with van der Waals surface area (Å²) in [4.78, 5) is 26.0. The normalized spacial score (nSPS) is 10.9. The topological polar surface area (TPSA) is 65.7 Å². The first-order chi connectivity index (χ1) is 15.4. The number of aryl methyl sites for hydroxylation is 1. The predicted molar refractivity (Wildman–Crippen MR) is 125 cm³/mol. The minimum Gasteiger partial charge on any atom is -0.497 e. The average Bonchev–Trinajstić information content (AvgIpc) is 2.78. The fourth-order valence-corrected chi connectivity index (χ4v) is 3.79. The molecule has 0 atom stereocenters. The first kappa shape index (κ1) is 21.9. The van der Waals surface area contributed by atoms with Crippen LogP contribution in [0.2, 0.25) is 10.0 Å². The number of rotatable bonds is 6. The Morgan fingerprint density at radius 3 is 2.44 bits per heavy atom. The Morgan fingerprint density at radius 2 is 1.75 bits per heavy atom. The molecule has 4 aromatic rings. The molecule has 1 heterocycles. The van der Waals surface area contributed by atoms with Crippen LogP contribution >= 0.6 is 23.2 Å². The molecule has 0 aliphatic rings. The Kier molecular flexibility index (Phi) is 6.21. The van der Waals surface area contributed by atoms with Crippen LogP contribution in [0, 0.1) is 6.92 Å². The van der Waals surface area contributed by atoms with Gasteiger partial charge in [0.2, 0.25) is 17.0 Å². The van der Waals surface area contributed by atoms with Crippen molar-refractivity contribution in [1.82, 2.24) is 0 Å². The van der Waals surface area contributed by atoms with E-state index in [0.717, 1.165) is 5.56 Å². The second-order valence-corrected chi connectivity index (χ2v) is 8.00. The van der Waals surface area contributed by atoms with E-state index in [2.05, 4.69) is 0 Å². The molecule has 0 unspecified atom stereocenters. The fourth-order valence-electron chi connectivity index (χ4n) is 3.28. The number of ketones is 1. The summed E-state index contributed by atoms with van der Waals surface area (Å²) in [5, 5.41) is 0.988. The lowest BCUT2D eigenvalue weighted by Gasteiger charge is -2.12. The van der Waals surface area contributed by atoms with Crippen molar-refractivity contribution in [2.45, 2.75) is 6.92 Å². The number of carbonyl (C=O) groups is 1. The van der Waals surface area contributed by atoms with E-state index in [1.807, 2.05) is 13.0 Å². The summed E-state index contributed by atoms with van der Waals surface area (Å²) in [5.74, 6) is 0.439. The van der Waals surface area contributed by atoms with E-state index >= 15 is 0 Å². The Balaban J connectivity index is 1.77. The number of hydrogen-bond donors (Lipinski definition) is 0. The van der Waals surface area contributed by atoms with E-state index in [4.69, 9.17) is 37.1 Å². The van der Waals surface area contributed by atoms with Gasteiger partial charge in [0.1, 0.15) is 11.3 Å². The third-order valence-corrected chi connectivity index (χ3v) is 5.49. The maximum Gasteiger partial charge on any atom is 0.235 e. The monoisotopic (exact) mass is 468 g/mol. The average molecular weight is 469 g/mol. The molecule has 7 heteroatoms. The number of fused-ring (bicyclic) bond motifs is 1. The van der Waals surface area contributed by atoms with Crippen LogP contribution in [0.5, 0.6) is 11.5 Å². The Bertz CT molecular complexity index is 1370. The molecule has 162 valence electrons. The van der Waals surface area contributed by atoms with Gasteiger partial charge in [-0.25, -0.2) is 0 Å². The van der Waals surface area contributed by atoms with Gasteiger partial charge in [-0.05, 0) is 67.1 Å². The maximum absolute atomic E-state index is 13.3. The lowest BCUT2D eigenvalue weighted by molar-refractivity contribution is 0.0920. The van der Waals surface area contributed by atoms with Gasteiger partial charge in [-0.3, -0.25) is 9.59 Å². The summed E-state index contributed by atoms with van der Waals surface area (Å²) in [6.07, 6.45) is 0. The highest BCUT2D eigenvalue weighted by molar-refractivity contribution is 6.36. The third-order valence-electron chi connectivity index (χ3n) is 4.94. The molecule has 0 N–H and O–H groups in total. The van der Waals surface area contributed by atoms with Crippen LogP contribution < -0.4 is 14.9 Å². The molecule has 0 radical (unpaired) electrons. The van der Waals surface area contributed by atoms with Gasteiger partial charge >= 0.3 is 0 Å². The molecule has 0 aliphatic heterocycles. The molecule has 1 aromatic heterocycles. The molecule has 32 heavy (non-hydrogen) atoms. The summed E-state index contributed by atoms with van der Waals surface area (Å²) in [6, 6.07) is 16.8. The SMILES string of the molecule is COc1ccc(-c2oc3cc(C)ccc3c(=O)c2OCC(=O)c2ccc(Cl)cc2Cl)cc1. The molecular formula is C25H18Cl2O5. The fraction of sp³-hybridized carbons (Fsp3) is 0.120. The molecular weight excluding hydrogens is 451 g/mol. The van der Waals surface area contributed by atoms with Crippen LogP contribution in [-0.2, 0) is 0 Å². The standard InChI is InChI=1S/C25H18Cl2O5/c1-14-3-9-19-22(11-14)32-24(15-4-7-17(30-2)8-5-15)25(23(19)29)31-13-21(28)18-10-6-16(26)12-20(18)27/h3-12H,13H2,1-2H3. The first-order valence-electron chi connectivity index (χ1n) is 9.70. The third kappa shape index (κ3) is 4.35. The number of carbonyl (C=O) groups excluding carboxylic acids is 1. The molecule has 0 aliphatic carbocycles. The largest absolute Gasteiger partial charge is 0.497 e. The van der Waals surface area contributed by atoms with Crippen molar-refractivity contribution in [1.29, 1.82) is 0 Å². The molecule has 0 fully saturated rings. The van der Waals surface area contributed by atoms with Gasteiger partial charge in [0.15, 0.2) is 12.4 Å². The van der Waals surface area contributed by atoms with Crippen molar-refractivity contribution in [3.63, 3.8) is 0 Å². The number of Topliss-reactive ketones (excluding diaryl/α,β-unsaturated/α-hetero) is 1. The van der Waals surface area contributed by atoms with Crippen LogP contribution in [0.4, 0.5) is 0 Å².